The van der Waals surface area contributed by atoms with Crippen molar-refractivity contribution in [2.45, 2.75) is 33.9 Å². The lowest BCUT2D eigenvalue weighted by Gasteiger charge is -2.06. The van der Waals surface area contributed by atoms with E-state index in [1.54, 1.807) is 6.26 Å². The smallest absolute Gasteiger partial charge is 0.122 e. The first-order valence-corrected chi connectivity index (χ1v) is 5.96. The van der Waals surface area contributed by atoms with E-state index in [1.165, 1.54) is 11.3 Å². The Bertz CT molecular complexity index is 485. The Labute approximate surface area is 102 Å². The van der Waals surface area contributed by atoms with Crippen molar-refractivity contribution in [2.75, 3.05) is 6.54 Å². The summed E-state index contributed by atoms with van der Waals surface area (Å²) >= 11 is 0. The molecule has 0 aliphatic heterocycles. The number of furan rings is 1. The van der Waals surface area contributed by atoms with Gasteiger partial charge in [0.1, 0.15) is 5.76 Å². The molecule has 4 nitrogen and oxygen atoms in total. The van der Waals surface area contributed by atoms with Gasteiger partial charge < -0.3 is 14.3 Å². The SMILES string of the molecule is CCNCc1occc1Cn1cnc(C)c1C. The third-order valence-electron chi connectivity index (χ3n) is 3.06. The lowest BCUT2D eigenvalue weighted by molar-refractivity contribution is 0.481. The fourth-order valence-corrected chi connectivity index (χ4v) is 1.79. The Morgan fingerprint density at radius 3 is 2.88 bits per heavy atom. The summed E-state index contributed by atoms with van der Waals surface area (Å²) in [5.74, 6) is 1.01. The molecule has 4 heteroatoms. The van der Waals surface area contributed by atoms with Crippen LogP contribution in [-0.4, -0.2) is 16.1 Å². The summed E-state index contributed by atoms with van der Waals surface area (Å²) in [6, 6.07) is 2.03. The van der Waals surface area contributed by atoms with Crippen molar-refractivity contribution in [3.8, 4) is 0 Å². The Kier molecular flexibility index (Phi) is 3.64. The first-order chi connectivity index (χ1) is 8.22. The van der Waals surface area contributed by atoms with Gasteiger partial charge in [-0.1, -0.05) is 6.92 Å². The van der Waals surface area contributed by atoms with Gasteiger partial charge in [0.2, 0.25) is 0 Å². The molecule has 0 amide bonds. The van der Waals surface area contributed by atoms with Crippen LogP contribution in [0.2, 0.25) is 0 Å². The number of nitrogens with one attached hydrogen (secondary N) is 1. The standard InChI is InChI=1S/C13H19N3O/c1-4-14-7-13-12(5-6-17-13)8-16-9-15-10(2)11(16)3/h5-6,9,14H,4,7-8H2,1-3H3. The van der Waals surface area contributed by atoms with Crippen molar-refractivity contribution in [1.29, 1.82) is 0 Å². The van der Waals surface area contributed by atoms with Crippen LogP contribution in [0.3, 0.4) is 0 Å². The molecule has 0 fully saturated rings. The van der Waals surface area contributed by atoms with Crippen molar-refractivity contribution in [3.63, 3.8) is 0 Å². The van der Waals surface area contributed by atoms with E-state index in [0.29, 0.717) is 0 Å². The molecule has 0 atom stereocenters. The van der Waals surface area contributed by atoms with Gasteiger partial charge in [0.15, 0.2) is 0 Å². The highest BCUT2D eigenvalue weighted by Gasteiger charge is 2.08. The van der Waals surface area contributed by atoms with Gasteiger partial charge in [-0.2, -0.15) is 0 Å². The number of aromatic nitrogens is 2. The predicted octanol–water partition coefficient (Wildman–Crippen LogP) is 2.25. The van der Waals surface area contributed by atoms with Crippen molar-refractivity contribution in [1.82, 2.24) is 14.9 Å². The second-order valence-electron chi connectivity index (χ2n) is 4.19. The summed E-state index contributed by atoms with van der Waals surface area (Å²) in [7, 11) is 0. The Hall–Kier alpha value is -1.55. The largest absolute Gasteiger partial charge is 0.468 e. The van der Waals surface area contributed by atoms with Gasteiger partial charge in [-0.25, -0.2) is 4.98 Å². The lowest BCUT2D eigenvalue weighted by atomic mass is 10.2. The van der Waals surface area contributed by atoms with Gasteiger partial charge in [-0.05, 0) is 26.5 Å². The summed E-state index contributed by atoms with van der Waals surface area (Å²) in [4.78, 5) is 4.31. The van der Waals surface area contributed by atoms with Crippen LogP contribution in [0.5, 0.6) is 0 Å². The van der Waals surface area contributed by atoms with E-state index >= 15 is 0 Å². The maximum absolute atomic E-state index is 5.49. The molecule has 2 aromatic rings. The lowest BCUT2D eigenvalue weighted by Crippen LogP contribution is -2.13. The zero-order valence-corrected chi connectivity index (χ0v) is 10.7. The van der Waals surface area contributed by atoms with E-state index in [2.05, 4.69) is 28.7 Å². The van der Waals surface area contributed by atoms with Gasteiger partial charge in [0.05, 0.1) is 31.4 Å². The van der Waals surface area contributed by atoms with Crippen LogP contribution in [-0.2, 0) is 13.1 Å². The highest BCUT2D eigenvalue weighted by molar-refractivity contribution is 5.19. The summed E-state index contributed by atoms with van der Waals surface area (Å²) in [5, 5.41) is 3.28. The molecule has 2 rings (SSSR count). The minimum absolute atomic E-state index is 0.783. The fourth-order valence-electron chi connectivity index (χ4n) is 1.79. The van der Waals surface area contributed by atoms with E-state index in [-0.39, 0.29) is 0 Å². The second-order valence-corrected chi connectivity index (χ2v) is 4.19. The molecule has 0 aromatic carbocycles. The van der Waals surface area contributed by atoms with Crippen molar-refractivity contribution in [3.05, 3.63) is 41.4 Å². The predicted molar refractivity (Wildman–Crippen MR) is 66.9 cm³/mol. The van der Waals surface area contributed by atoms with E-state index < -0.39 is 0 Å². The van der Waals surface area contributed by atoms with E-state index in [0.717, 1.165) is 31.1 Å². The van der Waals surface area contributed by atoms with Crippen LogP contribution in [0, 0.1) is 13.8 Å². The zero-order valence-electron chi connectivity index (χ0n) is 10.7. The Balaban J connectivity index is 2.13. The van der Waals surface area contributed by atoms with E-state index in [1.807, 2.05) is 19.3 Å². The summed E-state index contributed by atoms with van der Waals surface area (Å²) in [6.45, 7) is 8.76. The Morgan fingerprint density at radius 2 is 2.24 bits per heavy atom. The molecular formula is C13H19N3O. The number of nitrogens with zero attached hydrogens (tertiary/aromatic N) is 2. The topological polar surface area (TPSA) is 43.0 Å². The molecule has 92 valence electrons. The fraction of sp³-hybridized carbons (Fsp3) is 0.462. The zero-order chi connectivity index (χ0) is 12.3. The molecule has 0 aliphatic rings. The highest BCUT2D eigenvalue weighted by Crippen LogP contribution is 2.14. The summed E-state index contributed by atoms with van der Waals surface area (Å²) < 4.78 is 7.64. The maximum atomic E-state index is 5.49. The minimum Gasteiger partial charge on any atom is -0.468 e. The van der Waals surface area contributed by atoms with Crippen LogP contribution in [0.4, 0.5) is 0 Å². The normalized spacial score (nSPS) is 11.0. The molecular weight excluding hydrogens is 214 g/mol. The van der Waals surface area contributed by atoms with E-state index in [4.69, 9.17) is 4.42 Å². The van der Waals surface area contributed by atoms with Crippen LogP contribution in [0.1, 0.15) is 29.6 Å². The molecule has 0 aliphatic carbocycles. The highest BCUT2D eigenvalue weighted by atomic mass is 16.3. The third-order valence-corrected chi connectivity index (χ3v) is 3.06. The second kappa shape index (κ2) is 5.19. The molecule has 2 heterocycles. The number of imidazole rings is 1. The Morgan fingerprint density at radius 1 is 1.41 bits per heavy atom. The van der Waals surface area contributed by atoms with E-state index in [9.17, 15) is 0 Å². The number of hydrogen-bond acceptors (Lipinski definition) is 3. The summed E-state index contributed by atoms with van der Waals surface area (Å²) in [6.07, 6.45) is 3.63. The minimum atomic E-state index is 0.783. The van der Waals surface area contributed by atoms with Gasteiger partial charge >= 0.3 is 0 Å². The van der Waals surface area contributed by atoms with Gasteiger partial charge in [-0.3, -0.25) is 0 Å². The first-order valence-electron chi connectivity index (χ1n) is 5.96. The van der Waals surface area contributed by atoms with Crippen molar-refractivity contribution in [2.24, 2.45) is 0 Å². The monoisotopic (exact) mass is 233 g/mol. The molecule has 0 radical (unpaired) electrons. The van der Waals surface area contributed by atoms with Crippen LogP contribution < -0.4 is 5.32 Å². The third kappa shape index (κ3) is 2.58. The maximum Gasteiger partial charge on any atom is 0.122 e. The molecule has 0 unspecified atom stereocenters. The van der Waals surface area contributed by atoms with Crippen LogP contribution >= 0.6 is 0 Å². The molecule has 0 saturated carbocycles. The molecule has 2 aromatic heterocycles. The van der Waals surface area contributed by atoms with Gasteiger partial charge in [0, 0.05) is 11.3 Å². The summed E-state index contributed by atoms with van der Waals surface area (Å²) in [5.41, 5.74) is 3.51. The molecule has 0 spiro atoms. The first kappa shape index (κ1) is 11.9. The average Bonchev–Trinajstić information content (AvgIpc) is 2.89. The van der Waals surface area contributed by atoms with Crippen molar-refractivity contribution < 1.29 is 4.42 Å². The molecule has 17 heavy (non-hydrogen) atoms. The number of hydrogen-bond donors (Lipinski definition) is 1. The van der Waals surface area contributed by atoms with Crippen LogP contribution in [0.15, 0.2) is 23.1 Å². The van der Waals surface area contributed by atoms with Gasteiger partial charge in [-0.15, -0.1) is 0 Å². The quantitative estimate of drug-likeness (QED) is 0.861. The number of aryl methyl sites for hydroxylation is 1. The average molecular weight is 233 g/mol. The number of rotatable bonds is 5. The molecule has 0 bridgehead atoms. The van der Waals surface area contributed by atoms with Crippen LogP contribution in [0.25, 0.3) is 0 Å². The van der Waals surface area contributed by atoms with Gasteiger partial charge in [0.25, 0.3) is 0 Å². The molecule has 1 N–H and O–H groups in total. The van der Waals surface area contributed by atoms with Crippen molar-refractivity contribution >= 4 is 0 Å². The molecule has 0 saturated heterocycles.